The molecule has 0 atom stereocenters. The van der Waals surface area contributed by atoms with E-state index >= 15 is 0 Å². The number of carbonyl (C=O) groups is 1. The van der Waals surface area contributed by atoms with Crippen LogP contribution in [0.15, 0.2) is 23.5 Å². The number of rotatable bonds is 5. The quantitative estimate of drug-likeness (QED) is 0.367. The van der Waals surface area contributed by atoms with E-state index in [2.05, 4.69) is 45.9 Å². The molecule has 0 saturated carbocycles. The van der Waals surface area contributed by atoms with Crippen LogP contribution in [0.25, 0.3) is 0 Å². The largest absolute Gasteiger partial charge is 0.357 e. The van der Waals surface area contributed by atoms with E-state index < -0.39 is 0 Å². The van der Waals surface area contributed by atoms with Crippen molar-refractivity contribution in [1.82, 2.24) is 25.1 Å². The molecule has 1 aromatic rings. The zero-order chi connectivity index (χ0) is 20.0. The van der Waals surface area contributed by atoms with Gasteiger partial charge in [0.15, 0.2) is 5.96 Å². The predicted octanol–water partition coefficient (Wildman–Crippen LogP) is 1.83. The minimum atomic E-state index is 0. The summed E-state index contributed by atoms with van der Waals surface area (Å²) in [6.45, 7) is 13.0. The number of guanidine groups is 1. The number of hydrogen-bond donors (Lipinski definition) is 1. The van der Waals surface area contributed by atoms with Crippen molar-refractivity contribution in [2.24, 2.45) is 10.4 Å². The molecule has 9 heteroatoms. The fraction of sp³-hybridized carbons (Fsp3) is 0.700. The fourth-order valence-corrected chi connectivity index (χ4v) is 3.74. The molecule has 0 bridgehead atoms. The molecular weight excluding hydrogens is 481 g/mol. The van der Waals surface area contributed by atoms with Crippen molar-refractivity contribution in [3.63, 3.8) is 0 Å². The van der Waals surface area contributed by atoms with Crippen molar-refractivity contribution in [2.45, 2.75) is 33.6 Å². The standard InChI is InChI=1S/C20H33N7O.HI/c1-4-21-18(27-11-7-20(2,3)16-27)24-10-6-17(28)25-12-14-26(15-13-25)19-22-8-5-9-23-19;/h5,8-9H,4,6-7,10-16H2,1-3H3,(H,21,24);1H. The molecule has 0 spiro atoms. The lowest BCUT2D eigenvalue weighted by Crippen LogP contribution is -2.49. The SMILES string of the molecule is CCNC(=NCCC(=O)N1CCN(c2ncccn2)CC1)N1CCC(C)(C)C1.I. The molecule has 2 aliphatic rings. The van der Waals surface area contributed by atoms with Crippen LogP contribution in [-0.4, -0.2) is 84.0 Å². The highest BCUT2D eigenvalue weighted by atomic mass is 127. The number of hydrogen-bond acceptors (Lipinski definition) is 5. The van der Waals surface area contributed by atoms with Crippen LogP contribution in [-0.2, 0) is 4.79 Å². The minimum Gasteiger partial charge on any atom is -0.357 e. The van der Waals surface area contributed by atoms with E-state index in [1.807, 2.05) is 11.0 Å². The molecule has 162 valence electrons. The molecule has 29 heavy (non-hydrogen) atoms. The van der Waals surface area contributed by atoms with Crippen molar-refractivity contribution < 1.29 is 4.79 Å². The lowest BCUT2D eigenvalue weighted by atomic mass is 9.93. The van der Waals surface area contributed by atoms with Gasteiger partial charge in [0.05, 0.1) is 6.54 Å². The highest BCUT2D eigenvalue weighted by molar-refractivity contribution is 14.0. The third kappa shape index (κ3) is 6.68. The first-order valence-electron chi connectivity index (χ1n) is 10.3. The van der Waals surface area contributed by atoms with Gasteiger partial charge in [-0.15, -0.1) is 24.0 Å². The number of aromatic nitrogens is 2. The lowest BCUT2D eigenvalue weighted by Gasteiger charge is -2.34. The number of aliphatic imine (C=N–C) groups is 1. The van der Waals surface area contributed by atoms with Gasteiger partial charge in [0.25, 0.3) is 0 Å². The molecule has 0 aliphatic carbocycles. The molecule has 2 saturated heterocycles. The van der Waals surface area contributed by atoms with E-state index in [-0.39, 0.29) is 29.9 Å². The van der Waals surface area contributed by atoms with Crippen LogP contribution in [0, 0.1) is 5.41 Å². The summed E-state index contributed by atoms with van der Waals surface area (Å²) in [5, 5.41) is 3.37. The molecular formula is C20H34IN7O. The van der Waals surface area contributed by atoms with Gasteiger partial charge < -0.3 is 20.0 Å². The normalized spacial score (nSPS) is 19.1. The van der Waals surface area contributed by atoms with Gasteiger partial charge in [-0.3, -0.25) is 9.79 Å². The average Bonchev–Trinajstić information content (AvgIpc) is 3.07. The van der Waals surface area contributed by atoms with Crippen LogP contribution in [0.1, 0.15) is 33.6 Å². The Bertz CT molecular complexity index is 675. The Morgan fingerprint density at radius 2 is 1.83 bits per heavy atom. The maximum absolute atomic E-state index is 12.6. The molecule has 1 aromatic heterocycles. The smallest absolute Gasteiger partial charge is 0.225 e. The number of nitrogens with zero attached hydrogens (tertiary/aromatic N) is 6. The van der Waals surface area contributed by atoms with Gasteiger partial charge in [-0.05, 0) is 24.8 Å². The number of halogens is 1. The first-order valence-corrected chi connectivity index (χ1v) is 10.3. The molecule has 3 rings (SSSR count). The molecule has 2 aliphatic heterocycles. The second-order valence-corrected chi connectivity index (χ2v) is 8.24. The van der Waals surface area contributed by atoms with Crippen LogP contribution in [0.4, 0.5) is 5.95 Å². The predicted molar refractivity (Wildman–Crippen MR) is 127 cm³/mol. The summed E-state index contributed by atoms with van der Waals surface area (Å²) in [6.07, 6.45) is 5.13. The Kier molecular flexibility index (Phi) is 8.91. The summed E-state index contributed by atoms with van der Waals surface area (Å²) in [5.74, 6) is 1.85. The van der Waals surface area contributed by atoms with Crippen LogP contribution >= 0.6 is 24.0 Å². The molecule has 0 unspecified atom stereocenters. The summed E-state index contributed by atoms with van der Waals surface area (Å²) < 4.78 is 0. The fourth-order valence-electron chi connectivity index (χ4n) is 3.74. The van der Waals surface area contributed by atoms with Gasteiger partial charge in [-0.25, -0.2) is 9.97 Å². The summed E-state index contributed by atoms with van der Waals surface area (Å²) in [5.41, 5.74) is 0.328. The van der Waals surface area contributed by atoms with Crippen molar-refractivity contribution in [3.05, 3.63) is 18.5 Å². The van der Waals surface area contributed by atoms with Crippen LogP contribution in [0.2, 0.25) is 0 Å². The van der Waals surface area contributed by atoms with Crippen molar-refractivity contribution in [1.29, 1.82) is 0 Å². The molecule has 0 radical (unpaired) electrons. The number of piperazine rings is 1. The van der Waals surface area contributed by atoms with Gasteiger partial charge in [-0.1, -0.05) is 13.8 Å². The van der Waals surface area contributed by atoms with E-state index in [4.69, 9.17) is 4.99 Å². The maximum atomic E-state index is 12.6. The third-order valence-electron chi connectivity index (χ3n) is 5.37. The van der Waals surface area contributed by atoms with E-state index in [0.29, 0.717) is 31.5 Å². The van der Waals surface area contributed by atoms with Crippen molar-refractivity contribution in [2.75, 3.05) is 57.3 Å². The molecule has 1 amide bonds. The Labute approximate surface area is 191 Å². The lowest BCUT2D eigenvalue weighted by molar-refractivity contribution is -0.131. The first-order chi connectivity index (χ1) is 13.5. The third-order valence-corrected chi connectivity index (χ3v) is 5.37. The first kappa shape index (κ1) is 23.6. The highest BCUT2D eigenvalue weighted by Gasteiger charge is 2.31. The van der Waals surface area contributed by atoms with Crippen LogP contribution in [0.5, 0.6) is 0 Å². The molecule has 3 heterocycles. The van der Waals surface area contributed by atoms with Crippen LogP contribution in [0.3, 0.4) is 0 Å². The van der Waals surface area contributed by atoms with Gasteiger partial charge in [0.1, 0.15) is 0 Å². The average molecular weight is 515 g/mol. The summed E-state index contributed by atoms with van der Waals surface area (Å²) in [7, 11) is 0. The number of anilines is 1. The monoisotopic (exact) mass is 515 g/mol. The number of nitrogens with one attached hydrogen (secondary N) is 1. The van der Waals surface area contributed by atoms with Crippen molar-refractivity contribution >= 4 is 41.8 Å². The van der Waals surface area contributed by atoms with E-state index in [0.717, 1.165) is 44.6 Å². The second-order valence-electron chi connectivity index (χ2n) is 8.24. The summed E-state index contributed by atoms with van der Waals surface area (Å²) >= 11 is 0. The zero-order valence-corrected chi connectivity index (χ0v) is 20.1. The molecule has 0 aromatic carbocycles. The topological polar surface area (TPSA) is 77.0 Å². The Balaban J connectivity index is 0.00000300. The van der Waals surface area contributed by atoms with Gasteiger partial charge in [-0.2, -0.15) is 0 Å². The minimum absolute atomic E-state index is 0. The Morgan fingerprint density at radius 1 is 1.14 bits per heavy atom. The zero-order valence-electron chi connectivity index (χ0n) is 17.8. The Morgan fingerprint density at radius 3 is 2.41 bits per heavy atom. The summed E-state index contributed by atoms with van der Waals surface area (Å²) in [4.78, 5) is 32.2. The maximum Gasteiger partial charge on any atom is 0.225 e. The van der Waals surface area contributed by atoms with E-state index in [1.54, 1.807) is 12.4 Å². The van der Waals surface area contributed by atoms with Crippen LogP contribution < -0.4 is 10.2 Å². The van der Waals surface area contributed by atoms with E-state index in [9.17, 15) is 4.79 Å². The molecule has 2 fully saturated rings. The van der Waals surface area contributed by atoms with Crippen molar-refractivity contribution in [3.8, 4) is 0 Å². The van der Waals surface area contributed by atoms with E-state index in [1.165, 1.54) is 6.42 Å². The number of likely N-dealkylation sites (tertiary alicyclic amines) is 1. The summed E-state index contributed by atoms with van der Waals surface area (Å²) in [6, 6.07) is 1.81. The van der Waals surface area contributed by atoms with Gasteiger partial charge in [0, 0.05) is 64.6 Å². The second kappa shape index (κ2) is 10.9. The molecule has 8 nitrogen and oxygen atoms in total. The Hall–Kier alpha value is -1.65. The number of carbonyl (C=O) groups excluding carboxylic acids is 1. The van der Waals surface area contributed by atoms with Gasteiger partial charge in [0.2, 0.25) is 11.9 Å². The molecule has 1 N–H and O–H groups in total. The highest BCUT2D eigenvalue weighted by Crippen LogP contribution is 2.28. The van der Waals surface area contributed by atoms with Gasteiger partial charge >= 0.3 is 0 Å². The number of amides is 1.